The van der Waals surface area contributed by atoms with E-state index in [4.69, 9.17) is 11.6 Å². The maximum atomic E-state index is 6.15. The second kappa shape index (κ2) is 6.08. The highest BCUT2D eigenvalue weighted by molar-refractivity contribution is 9.11. The Hall–Kier alpha value is 0.480. The smallest absolute Gasteiger partial charge is 0.0888 e. The molecule has 0 saturated carbocycles. The minimum Gasteiger partial charge on any atom is -0.308 e. The zero-order valence-corrected chi connectivity index (χ0v) is 15.1. The van der Waals surface area contributed by atoms with Crippen LogP contribution in [-0.4, -0.2) is 12.8 Å². The Bertz CT molecular complexity index is 550. The van der Waals surface area contributed by atoms with Crippen molar-refractivity contribution in [3.8, 4) is 0 Å². The van der Waals surface area contributed by atoms with Crippen LogP contribution < -0.4 is 5.32 Å². The number of rotatable bonds is 3. The van der Waals surface area contributed by atoms with Crippen molar-refractivity contribution in [1.82, 2.24) is 5.32 Å². The summed E-state index contributed by atoms with van der Waals surface area (Å²) < 4.78 is 1.02. The lowest BCUT2D eigenvalue weighted by molar-refractivity contribution is 0.716. The van der Waals surface area contributed by atoms with Crippen molar-refractivity contribution in [2.24, 2.45) is 0 Å². The molecule has 1 atom stereocenters. The van der Waals surface area contributed by atoms with Crippen LogP contribution in [0.4, 0.5) is 0 Å². The number of halogens is 2. The second-order valence-electron chi connectivity index (χ2n) is 4.39. The highest BCUT2D eigenvalue weighted by Crippen LogP contribution is 2.41. The highest BCUT2D eigenvalue weighted by atomic mass is 79.9. The normalized spacial score (nSPS) is 16.4. The van der Waals surface area contributed by atoms with Crippen LogP contribution in [0, 0.1) is 0 Å². The van der Waals surface area contributed by atoms with E-state index in [1.54, 1.807) is 16.2 Å². The molecule has 102 valence electrons. The molecule has 3 heterocycles. The third kappa shape index (κ3) is 2.92. The summed E-state index contributed by atoms with van der Waals surface area (Å²) in [7, 11) is 2.01. The molecule has 2 aromatic heterocycles. The third-order valence-electron chi connectivity index (χ3n) is 3.17. The second-order valence-corrected chi connectivity index (χ2v) is 9.47. The molecule has 0 bridgehead atoms. The van der Waals surface area contributed by atoms with E-state index in [2.05, 4.69) is 33.4 Å². The minimum absolute atomic E-state index is 0.259. The van der Waals surface area contributed by atoms with Crippen LogP contribution in [-0.2, 0) is 12.2 Å². The third-order valence-corrected chi connectivity index (χ3v) is 8.02. The lowest BCUT2D eigenvalue weighted by Gasteiger charge is -2.12. The Labute approximate surface area is 138 Å². The molecule has 0 saturated heterocycles. The average molecular weight is 395 g/mol. The van der Waals surface area contributed by atoms with Crippen molar-refractivity contribution < 1.29 is 0 Å². The monoisotopic (exact) mass is 393 g/mol. The predicted octanol–water partition coefficient (Wildman–Crippen LogP) is 5.32. The van der Waals surface area contributed by atoms with Crippen LogP contribution in [0.3, 0.4) is 0 Å². The summed E-state index contributed by atoms with van der Waals surface area (Å²) in [6.45, 7) is 0. The SMILES string of the molecule is CNC(c1cc(Cl)c(Br)s1)c1cc2c(s1)CCSC2. The summed E-state index contributed by atoms with van der Waals surface area (Å²) in [4.78, 5) is 4.24. The minimum atomic E-state index is 0.259. The maximum Gasteiger partial charge on any atom is 0.0888 e. The molecular formula is C13H13BrClNS3. The molecule has 1 unspecified atom stereocenters. The van der Waals surface area contributed by atoms with Crippen LogP contribution in [0.2, 0.25) is 5.02 Å². The molecule has 1 aliphatic rings. The molecule has 1 aliphatic heterocycles. The number of fused-ring (bicyclic) bond motifs is 1. The summed E-state index contributed by atoms with van der Waals surface area (Å²) in [5.41, 5.74) is 1.53. The highest BCUT2D eigenvalue weighted by Gasteiger charge is 2.21. The first kappa shape index (κ1) is 14.4. The van der Waals surface area contributed by atoms with Gasteiger partial charge >= 0.3 is 0 Å². The fourth-order valence-electron chi connectivity index (χ4n) is 2.24. The number of thioether (sulfide) groups is 1. The van der Waals surface area contributed by atoms with E-state index >= 15 is 0 Å². The Morgan fingerprint density at radius 1 is 1.32 bits per heavy atom. The average Bonchev–Trinajstić information content (AvgIpc) is 2.95. The van der Waals surface area contributed by atoms with Gasteiger partial charge in [0.15, 0.2) is 0 Å². The zero-order valence-electron chi connectivity index (χ0n) is 10.3. The Morgan fingerprint density at radius 3 is 2.74 bits per heavy atom. The van der Waals surface area contributed by atoms with E-state index in [-0.39, 0.29) is 6.04 Å². The molecule has 0 fully saturated rings. The van der Waals surface area contributed by atoms with Gasteiger partial charge in [0.2, 0.25) is 0 Å². The number of aryl methyl sites for hydroxylation is 1. The quantitative estimate of drug-likeness (QED) is 0.755. The van der Waals surface area contributed by atoms with Gasteiger partial charge in [0, 0.05) is 20.4 Å². The van der Waals surface area contributed by atoms with Crippen molar-refractivity contribution in [3.63, 3.8) is 0 Å². The number of hydrogen-bond donors (Lipinski definition) is 1. The molecule has 1 N–H and O–H groups in total. The fourth-order valence-corrected chi connectivity index (χ4v) is 6.70. The summed E-state index contributed by atoms with van der Waals surface area (Å²) in [5.74, 6) is 2.42. The summed E-state index contributed by atoms with van der Waals surface area (Å²) in [6, 6.07) is 4.69. The number of hydrogen-bond acceptors (Lipinski definition) is 4. The number of thiophene rings is 2. The molecule has 0 amide bonds. The van der Waals surface area contributed by atoms with E-state index in [0.717, 1.165) is 14.6 Å². The summed E-state index contributed by atoms with van der Waals surface area (Å²) >= 11 is 15.4. The Morgan fingerprint density at radius 2 is 2.11 bits per heavy atom. The van der Waals surface area contributed by atoms with Gasteiger partial charge in [-0.3, -0.25) is 0 Å². The Balaban J connectivity index is 1.95. The lowest BCUT2D eigenvalue weighted by atomic mass is 10.1. The maximum absolute atomic E-state index is 6.15. The largest absolute Gasteiger partial charge is 0.308 e. The van der Waals surface area contributed by atoms with Crippen LogP contribution >= 0.6 is 62.0 Å². The van der Waals surface area contributed by atoms with Crippen molar-refractivity contribution in [1.29, 1.82) is 0 Å². The van der Waals surface area contributed by atoms with Gasteiger partial charge in [0.1, 0.15) is 0 Å². The molecule has 3 rings (SSSR count). The van der Waals surface area contributed by atoms with Gasteiger partial charge in [-0.15, -0.1) is 22.7 Å². The molecule has 2 aromatic rings. The first-order valence-electron chi connectivity index (χ1n) is 6.00. The Kier molecular flexibility index (Phi) is 4.61. The summed E-state index contributed by atoms with van der Waals surface area (Å²) in [5, 5.41) is 4.22. The van der Waals surface area contributed by atoms with Gasteiger partial charge in [-0.1, -0.05) is 11.6 Å². The predicted molar refractivity (Wildman–Crippen MR) is 92.1 cm³/mol. The lowest BCUT2D eigenvalue weighted by Crippen LogP contribution is -2.15. The van der Waals surface area contributed by atoms with Crippen molar-refractivity contribution in [2.45, 2.75) is 18.2 Å². The van der Waals surface area contributed by atoms with Gasteiger partial charge < -0.3 is 5.32 Å². The van der Waals surface area contributed by atoms with Gasteiger partial charge in [-0.2, -0.15) is 11.8 Å². The van der Waals surface area contributed by atoms with E-state index < -0.39 is 0 Å². The van der Waals surface area contributed by atoms with E-state index in [9.17, 15) is 0 Å². The number of nitrogens with one attached hydrogen (secondary N) is 1. The standard InChI is InChI=1S/C13H13BrClNS3/c1-16-12(11-5-8(15)13(14)19-11)10-4-7-6-17-3-2-9(7)18-10/h4-5,12,16H,2-3,6H2,1H3. The molecular weight excluding hydrogens is 382 g/mol. The molecule has 0 spiro atoms. The van der Waals surface area contributed by atoms with E-state index in [1.165, 1.54) is 27.5 Å². The molecule has 1 nitrogen and oxygen atoms in total. The fraction of sp³-hybridized carbons (Fsp3) is 0.385. The first-order valence-corrected chi connectivity index (χ1v) is 9.96. The summed E-state index contributed by atoms with van der Waals surface area (Å²) in [6.07, 6.45) is 1.22. The first-order chi connectivity index (χ1) is 9.19. The van der Waals surface area contributed by atoms with Crippen molar-refractivity contribution in [3.05, 3.63) is 41.1 Å². The zero-order chi connectivity index (χ0) is 13.4. The van der Waals surface area contributed by atoms with Gasteiger partial charge in [-0.05, 0) is 52.8 Å². The van der Waals surface area contributed by atoms with Gasteiger partial charge in [0.25, 0.3) is 0 Å². The van der Waals surface area contributed by atoms with E-state index in [0.29, 0.717) is 0 Å². The van der Waals surface area contributed by atoms with Crippen molar-refractivity contribution >= 4 is 62.0 Å². The molecule has 0 aliphatic carbocycles. The van der Waals surface area contributed by atoms with Crippen LogP contribution in [0.1, 0.15) is 26.2 Å². The van der Waals surface area contributed by atoms with Crippen molar-refractivity contribution in [2.75, 3.05) is 12.8 Å². The van der Waals surface area contributed by atoms with Gasteiger partial charge in [-0.25, -0.2) is 0 Å². The molecule has 0 aromatic carbocycles. The van der Waals surface area contributed by atoms with Crippen LogP contribution in [0.25, 0.3) is 0 Å². The van der Waals surface area contributed by atoms with E-state index in [1.807, 2.05) is 30.1 Å². The topological polar surface area (TPSA) is 12.0 Å². The molecule has 0 radical (unpaired) electrons. The van der Waals surface area contributed by atoms with Crippen LogP contribution in [0.5, 0.6) is 0 Å². The molecule has 19 heavy (non-hydrogen) atoms. The molecule has 6 heteroatoms. The van der Waals surface area contributed by atoms with Gasteiger partial charge in [0.05, 0.1) is 14.9 Å². The van der Waals surface area contributed by atoms with Crippen LogP contribution in [0.15, 0.2) is 15.9 Å².